The van der Waals surface area contributed by atoms with Crippen LogP contribution in [0.25, 0.3) is 10.1 Å². The van der Waals surface area contributed by atoms with Crippen LogP contribution in [0.4, 0.5) is 0 Å². The average molecular weight is 330 g/mol. The molecule has 1 aliphatic heterocycles. The van der Waals surface area contributed by atoms with Crippen LogP contribution in [0.3, 0.4) is 0 Å². The maximum atomic E-state index is 12.2. The number of benzene rings is 1. The molecule has 0 saturated carbocycles. The average Bonchev–Trinajstić information content (AvgIpc) is 3.05. The zero-order valence-electron chi connectivity index (χ0n) is 10.6. The molecule has 1 fully saturated rings. The van der Waals surface area contributed by atoms with Crippen molar-refractivity contribution in [2.45, 2.75) is 18.9 Å². The van der Waals surface area contributed by atoms with Crippen LogP contribution >= 0.6 is 34.5 Å². The number of amides is 1. The molecule has 6 heteroatoms. The van der Waals surface area contributed by atoms with Gasteiger partial charge in [0.1, 0.15) is 4.88 Å². The summed E-state index contributed by atoms with van der Waals surface area (Å²) in [6.07, 6.45) is 2.17. The molecule has 0 unspecified atom stereocenters. The van der Waals surface area contributed by atoms with Gasteiger partial charge in [0.25, 0.3) is 5.91 Å². The molecule has 1 aromatic carbocycles. The molecule has 0 spiro atoms. The molecule has 2 aromatic rings. The van der Waals surface area contributed by atoms with Gasteiger partial charge in [-0.1, -0.05) is 29.3 Å². The number of hydrogen-bond acceptors (Lipinski definition) is 3. The first kappa shape index (κ1) is 14.1. The van der Waals surface area contributed by atoms with Crippen molar-refractivity contribution in [2.24, 2.45) is 0 Å². The molecule has 3 rings (SSSR count). The SMILES string of the molecule is O=C(NC[C@H]1CCCO1)c1sc2cccc(Cl)c2c1Cl. The van der Waals surface area contributed by atoms with Gasteiger partial charge in [0, 0.05) is 23.2 Å². The fourth-order valence-electron chi connectivity index (χ4n) is 2.31. The number of carbonyl (C=O) groups is 1. The van der Waals surface area contributed by atoms with Gasteiger partial charge in [0.05, 0.1) is 16.1 Å². The van der Waals surface area contributed by atoms with E-state index in [4.69, 9.17) is 27.9 Å². The lowest BCUT2D eigenvalue weighted by atomic mass is 10.2. The van der Waals surface area contributed by atoms with Gasteiger partial charge in [0.2, 0.25) is 0 Å². The van der Waals surface area contributed by atoms with Crippen LogP contribution in [0.2, 0.25) is 10.0 Å². The van der Waals surface area contributed by atoms with E-state index in [9.17, 15) is 4.79 Å². The van der Waals surface area contributed by atoms with E-state index in [-0.39, 0.29) is 12.0 Å². The van der Waals surface area contributed by atoms with Gasteiger partial charge >= 0.3 is 0 Å². The van der Waals surface area contributed by atoms with Crippen molar-refractivity contribution in [2.75, 3.05) is 13.2 Å². The van der Waals surface area contributed by atoms with Gasteiger partial charge in [-0.15, -0.1) is 11.3 Å². The van der Waals surface area contributed by atoms with Gasteiger partial charge in [-0.3, -0.25) is 4.79 Å². The Morgan fingerprint density at radius 3 is 3.00 bits per heavy atom. The maximum absolute atomic E-state index is 12.2. The predicted octanol–water partition coefficient (Wildman–Crippen LogP) is 4.12. The molecular formula is C14H13Cl2NO2S. The Kier molecular flexibility index (Phi) is 4.17. The van der Waals surface area contributed by atoms with Crippen LogP contribution in [0, 0.1) is 0 Å². The number of ether oxygens (including phenoxy) is 1. The van der Waals surface area contributed by atoms with E-state index >= 15 is 0 Å². The van der Waals surface area contributed by atoms with Crippen molar-refractivity contribution < 1.29 is 9.53 Å². The number of carbonyl (C=O) groups excluding carboxylic acids is 1. The number of rotatable bonds is 3. The van der Waals surface area contributed by atoms with E-state index in [1.165, 1.54) is 11.3 Å². The minimum absolute atomic E-state index is 0.121. The Balaban J connectivity index is 1.80. The van der Waals surface area contributed by atoms with Crippen LogP contribution in [0.15, 0.2) is 18.2 Å². The molecular weight excluding hydrogens is 317 g/mol. The molecule has 1 amide bonds. The van der Waals surface area contributed by atoms with Gasteiger partial charge in [-0.05, 0) is 25.0 Å². The lowest BCUT2D eigenvalue weighted by molar-refractivity contribution is 0.0861. The number of fused-ring (bicyclic) bond motifs is 1. The summed E-state index contributed by atoms with van der Waals surface area (Å²) in [5.74, 6) is -0.164. The Morgan fingerprint density at radius 1 is 1.45 bits per heavy atom. The molecule has 2 heterocycles. The van der Waals surface area contributed by atoms with E-state index in [2.05, 4.69) is 5.32 Å². The van der Waals surface area contributed by atoms with Gasteiger partial charge in [0.15, 0.2) is 0 Å². The van der Waals surface area contributed by atoms with Crippen molar-refractivity contribution in [1.29, 1.82) is 0 Å². The third-order valence-corrected chi connectivity index (χ3v) is 5.29. The van der Waals surface area contributed by atoms with Crippen molar-refractivity contribution in [3.8, 4) is 0 Å². The van der Waals surface area contributed by atoms with Crippen LogP contribution < -0.4 is 5.32 Å². The van der Waals surface area contributed by atoms with E-state index in [0.717, 1.165) is 29.5 Å². The lowest BCUT2D eigenvalue weighted by Crippen LogP contribution is -2.31. The minimum Gasteiger partial charge on any atom is -0.376 e. The summed E-state index contributed by atoms with van der Waals surface area (Å²) < 4.78 is 6.40. The van der Waals surface area contributed by atoms with E-state index in [0.29, 0.717) is 21.5 Å². The fraction of sp³-hybridized carbons (Fsp3) is 0.357. The summed E-state index contributed by atoms with van der Waals surface area (Å²) in [4.78, 5) is 12.7. The third-order valence-electron chi connectivity index (χ3n) is 3.33. The van der Waals surface area contributed by atoms with Gasteiger partial charge < -0.3 is 10.1 Å². The summed E-state index contributed by atoms with van der Waals surface area (Å²) in [5.41, 5.74) is 0. The second kappa shape index (κ2) is 5.90. The van der Waals surface area contributed by atoms with Crippen molar-refractivity contribution in [3.05, 3.63) is 33.1 Å². The highest BCUT2D eigenvalue weighted by atomic mass is 35.5. The topological polar surface area (TPSA) is 38.3 Å². The van der Waals surface area contributed by atoms with E-state index in [1.807, 2.05) is 12.1 Å². The van der Waals surface area contributed by atoms with Gasteiger partial charge in [-0.2, -0.15) is 0 Å². The maximum Gasteiger partial charge on any atom is 0.263 e. The van der Waals surface area contributed by atoms with E-state index < -0.39 is 0 Å². The lowest BCUT2D eigenvalue weighted by Gasteiger charge is -2.10. The Morgan fingerprint density at radius 2 is 2.30 bits per heavy atom. The van der Waals surface area contributed by atoms with Crippen molar-refractivity contribution >= 4 is 50.5 Å². The van der Waals surface area contributed by atoms with Gasteiger partial charge in [-0.25, -0.2) is 0 Å². The molecule has 1 N–H and O–H groups in total. The second-order valence-corrected chi connectivity index (χ2v) is 6.54. The summed E-state index contributed by atoms with van der Waals surface area (Å²) in [7, 11) is 0. The Hall–Kier alpha value is -0.810. The monoisotopic (exact) mass is 329 g/mol. The van der Waals surface area contributed by atoms with E-state index in [1.54, 1.807) is 6.07 Å². The summed E-state index contributed by atoms with van der Waals surface area (Å²) in [6.45, 7) is 1.30. The van der Waals surface area contributed by atoms with Crippen LogP contribution in [-0.4, -0.2) is 25.2 Å². The molecule has 106 valence electrons. The standard InChI is InChI=1S/C14H13Cl2NO2S/c15-9-4-1-5-10-11(9)12(16)13(20-10)14(18)17-7-8-3-2-6-19-8/h1,4-5,8H,2-3,6-7H2,(H,17,18)/t8-/m1/s1. The predicted molar refractivity (Wildman–Crippen MR) is 83.2 cm³/mol. The van der Waals surface area contributed by atoms with Crippen LogP contribution in [-0.2, 0) is 4.74 Å². The number of thiophene rings is 1. The van der Waals surface area contributed by atoms with Crippen LogP contribution in [0.1, 0.15) is 22.5 Å². The second-order valence-electron chi connectivity index (χ2n) is 4.70. The van der Waals surface area contributed by atoms with Crippen LogP contribution in [0.5, 0.6) is 0 Å². The van der Waals surface area contributed by atoms with Crippen molar-refractivity contribution in [1.82, 2.24) is 5.32 Å². The molecule has 1 aliphatic rings. The molecule has 3 nitrogen and oxygen atoms in total. The highest BCUT2D eigenvalue weighted by Crippen LogP contribution is 2.39. The molecule has 20 heavy (non-hydrogen) atoms. The molecule has 0 radical (unpaired) electrons. The minimum atomic E-state index is -0.164. The Bertz CT molecular complexity index is 650. The quantitative estimate of drug-likeness (QED) is 0.919. The van der Waals surface area contributed by atoms with Crippen molar-refractivity contribution in [3.63, 3.8) is 0 Å². The smallest absolute Gasteiger partial charge is 0.263 e. The number of halogens is 2. The highest BCUT2D eigenvalue weighted by Gasteiger charge is 2.21. The number of hydrogen-bond donors (Lipinski definition) is 1. The summed E-state index contributed by atoms with van der Waals surface area (Å²) in [5, 5.41) is 4.64. The zero-order chi connectivity index (χ0) is 14.1. The zero-order valence-corrected chi connectivity index (χ0v) is 12.9. The number of nitrogens with one attached hydrogen (secondary N) is 1. The normalized spacial score (nSPS) is 18.6. The molecule has 0 bridgehead atoms. The first-order chi connectivity index (χ1) is 9.66. The highest BCUT2D eigenvalue weighted by molar-refractivity contribution is 7.21. The molecule has 1 aromatic heterocycles. The largest absolute Gasteiger partial charge is 0.376 e. The molecule has 1 atom stereocenters. The molecule has 1 saturated heterocycles. The third kappa shape index (κ3) is 2.66. The fourth-order valence-corrected chi connectivity index (χ4v) is 4.18. The summed E-state index contributed by atoms with van der Waals surface area (Å²) >= 11 is 13.8. The first-order valence-electron chi connectivity index (χ1n) is 6.43. The molecule has 0 aliphatic carbocycles. The first-order valence-corrected chi connectivity index (χ1v) is 8.00. The summed E-state index contributed by atoms with van der Waals surface area (Å²) in [6, 6.07) is 5.54. The Labute approximate surface area is 130 Å².